The van der Waals surface area contributed by atoms with E-state index >= 15 is 0 Å². The van der Waals surface area contributed by atoms with Crippen molar-refractivity contribution >= 4 is 35.2 Å². The van der Waals surface area contributed by atoms with Gasteiger partial charge in [-0.05, 0) is 24.3 Å². The van der Waals surface area contributed by atoms with Crippen molar-refractivity contribution in [1.82, 2.24) is 4.90 Å². The normalized spacial score (nSPS) is 19.4. The number of carbonyl (C=O) groups is 2. The summed E-state index contributed by atoms with van der Waals surface area (Å²) in [5.41, 5.74) is 0.461. The van der Waals surface area contributed by atoms with E-state index in [2.05, 4.69) is 0 Å². The second-order valence-corrected chi connectivity index (χ2v) is 5.19. The van der Waals surface area contributed by atoms with Crippen molar-refractivity contribution < 1.29 is 14.7 Å². The fourth-order valence-electron chi connectivity index (χ4n) is 1.64. The first-order valence-electron chi connectivity index (χ1n) is 5.00. The molecule has 1 aromatic carbocycles. The molecule has 0 unspecified atom stereocenters. The van der Waals surface area contributed by atoms with Gasteiger partial charge in [0.15, 0.2) is 5.37 Å². The molecule has 1 heterocycles. The molecular formula is C11H10ClNO3S. The molecule has 1 N–H and O–H groups in total. The fraction of sp³-hybridized carbons (Fsp3) is 0.273. The largest absolute Gasteiger partial charge is 0.479 e. The smallest absolute Gasteiger partial charge is 0.337 e. The van der Waals surface area contributed by atoms with Gasteiger partial charge in [-0.15, -0.1) is 11.8 Å². The maximum atomic E-state index is 12.1. The van der Waals surface area contributed by atoms with Crippen LogP contribution in [-0.2, 0) is 4.79 Å². The predicted octanol–water partition coefficient (Wildman–Crippen LogP) is 1.94. The Balaban J connectivity index is 2.19. The molecule has 0 bridgehead atoms. The van der Waals surface area contributed by atoms with E-state index in [1.54, 1.807) is 24.3 Å². The number of carboxylic acid groups (broad SMARTS) is 1. The molecule has 1 aliphatic heterocycles. The lowest BCUT2D eigenvalue weighted by Crippen LogP contribution is -2.39. The van der Waals surface area contributed by atoms with Crippen LogP contribution in [0.5, 0.6) is 0 Å². The van der Waals surface area contributed by atoms with Crippen LogP contribution in [0.4, 0.5) is 0 Å². The Morgan fingerprint density at radius 1 is 1.35 bits per heavy atom. The van der Waals surface area contributed by atoms with Crippen LogP contribution in [0.15, 0.2) is 24.3 Å². The van der Waals surface area contributed by atoms with Gasteiger partial charge in [-0.25, -0.2) is 4.79 Å². The summed E-state index contributed by atoms with van der Waals surface area (Å²) < 4.78 is 0. The number of carboxylic acids is 1. The monoisotopic (exact) mass is 271 g/mol. The van der Waals surface area contributed by atoms with Crippen LogP contribution in [0.2, 0.25) is 5.02 Å². The van der Waals surface area contributed by atoms with Crippen LogP contribution in [0.1, 0.15) is 10.4 Å². The van der Waals surface area contributed by atoms with Crippen molar-refractivity contribution in [3.8, 4) is 0 Å². The number of halogens is 1. The third-order valence-corrected chi connectivity index (χ3v) is 3.90. The zero-order valence-electron chi connectivity index (χ0n) is 8.80. The summed E-state index contributed by atoms with van der Waals surface area (Å²) in [6.45, 7) is 0.461. The van der Waals surface area contributed by atoms with Gasteiger partial charge in [-0.1, -0.05) is 11.6 Å². The van der Waals surface area contributed by atoms with E-state index in [0.717, 1.165) is 0 Å². The highest BCUT2D eigenvalue weighted by atomic mass is 35.5. The Hall–Kier alpha value is -1.20. The van der Waals surface area contributed by atoms with Gasteiger partial charge in [0, 0.05) is 22.9 Å². The summed E-state index contributed by atoms with van der Waals surface area (Å²) in [4.78, 5) is 24.4. The van der Waals surface area contributed by atoms with Crippen LogP contribution in [0, 0.1) is 0 Å². The average Bonchev–Trinajstić information content (AvgIpc) is 2.78. The van der Waals surface area contributed by atoms with Crippen LogP contribution in [0.3, 0.4) is 0 Å². The molecule has 0 radical (unpaired) electrons. The molecule has 1 aromatic rings. The van der Waals surface area contributed by atoms with E-state index in [1.165, 1.54) is 16.7 Å². The van der Waals surface area contributed by atoms with Crippen molar-refractivity contribution in [2.75, 3.05) is 12.3 Å². The Labute approximate surface area is 108 Å². The van der Waals surface area contributed by atoms with Crippen LogP contribution < -0.4 is 0 Å². The highest BCUT2D eigenvalue weighted by Gasteiger charge is 2.35. The summed E-state index contributed by atoms with van der Waals surface area (Å²) in [5, 5.41) is 8.76. The first kappa shape index (κ1) is 12.3. The molecule has 0 aromatic heterocycles. The molecular weight excluding hydrogens is 262 g/mol. The standard InChI is InChI=1S/C11H10ClNO3S/c12-8-3-1-7(2-4-8)9(14)13-5-6-17-10(13)11(15)16/h1-4,10H,5-6H2,(H,15,16)/t10-/m1/s1. The van der Waals surface area contributed by atoms with E-state index in [4.69, 9.17) is 16.7 Å². The lowest BCUT2D eigenvalue weighted by atomic mass is 10.2. The second-order valence-electron chi connectivity index (χ2n) is 3.57. The van der Waals surface area contributed by atoms with Crippen molar-refractivity contribution in [3.63, 3.8) is 0 Å². The molecule has 1 aliphatic rings. The Morgan fingerprint density at radius 3 is 2.59 bits per heavy atom. The summed E-state index contributed by atoms with van der Waals surface area (Å²) in [6, 6.07) is 6.45. The van der Waals surface area contributed by atoms with Crippen molar-refractivity contribution in [1.29, 1.82) is 0 Å². The molecule has 1 atom stereocenters. The van der Waals surface area contributed by atoms with Gasteiger partial charge in [-0.3, -0.25) is 4.79 Å². The molecule has 0 aliphatic carbocycles. The highest BCUT2D eigenvalue weighted by Crippen LogP contribution is 2.25. The van der Waals surface area contributed by atoms with Crippen LogP contribution in [-0.4, -0.2) is 39.6 Å². The number of rotatable bonds is 2. The zero-order valence-corrected chi connectivity index (χ0v) is 10.4. The maximum Gasteiger partial charge on any atom is 0.337 e. The molecule has 4 nitrogen and oxygen atoms in total. The van der Waals surface area contributed by atoms with Gasteiger partial charge in [0.25, 0.3) is 5.91 Å². The Kier molecular flexibility index (Phi) is 3.59. The number of nitrogens with zero attached hydrogens (tertiary/aromatic N) is 1. The molecule has 1 saturated heterocycles. The third-order valence-electron chi connectivity index (χ3n) is 2.45. The maximum absolute atomic E-state index is 12.1. The lowest BCUT2D eigenvalue weighted by molar-refractivity contribution is -0.138. The summed E-state index contributed by atoms with van der Waals surface area (Å²) >= 11 is 7.00. The van der Waals surface area contributed by atoms with Gasteiger partial charge < -0.3 is 10.0 Å². The molecule has 0 spiro atoms. The zero-order chi connectivity index (χ0) is 12.4. The van der Waals surface area contributed by atoms with Gasteiger partial charge >= 0.3 is 5.97 Å². The minimum atomic E-state index is -0.977. The SMILES string of the molecule is O=C(O)[C@H]1SCCN1C(=O)c1ccc(Cl)cc1. The fourth-order valence-corrected chi connectivity index (χ4v) is 2.82. The minimum Gasteiger partial charge on any atom is -0.479 e. The molecule has 1 amide bonds. The third kappa shape index (κ3) is 2.56. The van der Waals surface area contributed by atoms with E-state index in [-0.39, 0.29) is 5.91 Å². The number of carbonyl (C=O) groups excluding carboxylic acids is 1. The van der Waals surface area contributed by atoms with Crippen LogP contribution in [0.25, 0.3) is 0 Å². The predicted molar refractivity (Wildman–Crippen MR) is 66.4 cm³/mol. The van der Waals surface area contributed by atoms with Crippen molar-refractivity contribution in [2.24, 2.45) is 0 Å². The number of hydrogen-bond donors (Lipinski definition) is 1. The van der Waals surface area contributed by atoms with Gasteiger partial charge in [-0.2, -0.15) is 0 Å². The highest BCUT2D eigenvalue weighted by molar-refractivity contribution is 8.00. The summed E-state index contributed by atoms with van der Waals surface area (Å²) in [6.07, 6.45) is 0. The molecule has 17 heavy (non-hydrogen) atoms. The van der Waals surface area contributed by atoms with Crippen molar-refractivity contribution in [2.45, 2.75) is 5.37 Å². The number of thioether (sulfide) groups is 1. The molecule has 90 valence electrons. The number of benzene rings is 1. The summed E-state index contributed by atoms with van der Waals surface area (Å²) in [7, 11) is 0. The van der Waals surface area contributed by atoms with Crippen LogP contribution >= 0.6 is 23.4 Å². The molecule has 0 saturated carbocycles. The number of hydrogen-bond acceptors (Lipinski definition) is 3. The van der Waals surface area contributed by atoms with Crippen molar-refractivity contribution in [3.05, 3.63) is 34.9 Å². The van der Waals surface area contributed by atoms with Gasteiger partial charge in [0.2, 0.25) is 0 Å². The lowest BCUT2D eigenvalue weighted by Gasteiger charge is -2.20. The number of amides is 1. The molecule has 6 heteroatoms. The van der Waals surface area contributed by atoms with E-state index < -0.39 is 11.3 Å². The second kappa shape index (κ2) is 4.98. The first-order chi connectivity index (χ1) is 8.09. The molecule has 1 fully saturated rings. The average molecular weight is 272 g/mol. The number of aliphatic carboxylic acids is 1. The van der Waals surface area contributed by atoms with E-state index in [1.807, 2.05) is 0 Å². The van der Waals surface area contributed by atoms with Gasteiger partial charge in [0.05, 0.1) is 0 Å². The Morgan fingerprint density at radius 2 is 2.00 bits per heavy atom. The minimum absolute atomic E-state index is 0.265. The summed E-state index contributed by atoms with van der Waals surface area (Å²) in [5.74, 6) is -0.593. The Bertz CT molecular complexity index is 449. The van der Waals surface area contributed by atoms with E-state index in [0.29, 0.717) is 22.9 Å². The van der Waals surface area contributed by atoms with E-state index in [9.17, 15) is 9.59 Å². The quantitative estimate of drug-likeness (QED) is 0.893. The first-order valence-corrected chi connectivity index (χ1v) is 6.43. The molecule has 2 rings (SSSR count). The topological polar surface area (TPSA) is 57.6 Å². The van der Waals surface area contributed by atoms with Gasteiger partial charge in [0.1, 0.15) is 0 Å².